The van der Waals surface area contributed by atoms with E-state index < -0.39 is 0 Å². The highest BCUT2D eigenvalue weighted by Crippen LogP contribution is 2.22. The molecule has 3 nitrogen and oxygen atoms in total. The zero-order valence-corrected chi connectivity index (χ0v) is 9.22. The molecule has 0 unspecified atom stereocenters. The minimum absolute atomic E-state index is 0.139. The molecular weight excluding hydrogens is 196 g/mol. The van der Waals surface area contributed by atoms with Crippen molar-refractivity contribution in [3.63, 3.8) is 0 Å². The minimum Gasteiger partial charge on any atom is -0.367 e. The number of rotatable bonds is 3. The van der Waals surface area contributed by atoms with Gasteiger partial charge in [0, 0.05) is 18.1 Å². The van der Waals surface area contributed by atoms with E-state index in [1.807, 2.05) is 11.6 Å². The lowest BCUT2D eigenvalue weighted by molar-refractivity contribution is -0.0150. The van der Waals surface area contributed by atoms with Crippen molar-refractivity contribution < 1.29 is 4.74 Å². The molecule has 1 N–H and O–H groups in total. The summed E-state index contributed by atoms with van der Waals surface area (Å²) in [5.74, 6) is 0. The van der Waals surface area contributed by atoms with Gasteiger partial charge in [0.15, 0.2) is 0 Å². The number of hydrogen-bond donors (Lipinski definition) is 1. The highest BCUT2D eigenvalue weighted by molar-refractivity contribution is 7.09. The summed E-state index contributed by atoms with van der Waals surface area (Å²) in [4.78, 5) is 4.25. The van der Waals surface area contributed by atoms with Gasteiger partial charge in [-0.1, -0.05) is 0 Å². The maximum absolute atomic E-state index is 5.92. The highest BCUT2D eigenvalue weighted by Gasteiger charge is 2.18. The molecule has 0 bridgehead atoms. The van der Waals surface area contributed by atoms with E-state index >= 15 is 0 Å². The van der Waals surface area contributed by atoms with Crippen molar-refractivity contribution in [1.29, 1.82) is 0 Å². The maximum Gasteiger partial charge on any atom is 0.121 e. The summed E-state index contributed by atoms with van der Waals surface area (Å²) >= 11 is 1.66. The molecular formula is C10H16N2OS. The lowest BCUT2D eigenvalue weighted by Crippen LogP contribution is -2.35. The van der Waals surface area contributed by atoms with Crippen LogP contribution < -0.4 is 5.32 Å². The molecule has 2 rings (SSSR count). The van der Waals surface area contributed by atoms with Crippen LogP contribution in [0.25, 0.3) is 0 Å². The summed E-state index contributed by atoms with van der Waals surface area (Å²) in [6, 6.07) is 0. The second kappa shape index (κ2) is 4.87. The quantitative estimate of drug-likeness (QED) is 0.832. The molecule has 0 spiro atoms. The fourth-order valence-corrected chi connectivity index (χ4v) is 2.35. The van der Waals surface area contributed by atoms with E-state index in [1.54, 1.807) is 11.3 Å². The van der Waals surface area contributed by atoms with Gasteiger partial charge in [0.25, 0.3) is 0 Å². The third-order valence-electron chi connectivity index (χ3n) is 2.45. The minimum atomic E-state index is 0.139. The van der Waals surface area contributed by atoms with Crippen molar-refractivity contribution in [1.82, 2.24) is 10.3 Å². The summed E-state index contributed by atoms with van der Waals surface area (Å²) in [6.07, 6.45) is 4.72. The van der Waals surface area contributed by atoms with Crippen molar-refractivity contribution in [2.75, 3.05) is 13.1 Å². The first-order chi connectivity index (χ1) is 6.86. The van der Waals surface area contributed by atoms with Crippen LogP contribution in [-0.4, -0.2) is 24.2 Å². The van der Waals surface area contributed by atoms with Gasteiger partial charge in [0.1, 0.15) is 11.1 Å². The second-order valence-electron chi connectivity index (χ2n) is 3.62. The van der Waals surface area contributed by atoms with Crippen LogP contribution in [0.3, 0.4) is 0 Å². The largest absolute Gasteiger partial charge is 0.367 e. The summed E-state index contributed by atoms with van der Waals surface area (Å²) in [5.41, 5.74) is 0. The lowest BCUT2D eigenvalue weighted by Gasteiger charge is -2.25. The van der Waals surface area contributed by atoms with Gasteiger partial charge in [-0.2, -0.15) is 0 Å². The van der Waals surface area contributed by atoms with Gasteiger partial charge in [0.2, 0.25) is 0 Å². The molecule has 1 aromatic heterocycles. The molecule has 1 aromatic rings. The Morgan fingerprint density at radius 2 is 2.64 bits per heavy atom. The van der Waals surface area contributed by atoms with Gasteiger partial charge in [-0.05, 0) is 26.3 Å². The molecule has 78 valence electrons. The predicted molar refractivity (Wildman–Crippen MR) is 57.5 cm³/mol. The molecule has 0 saturated carbocycles. The summed E-state index contributed by atoms with van der Waals surface area (Å²) < 4.78 is 5.92. The van der Waals surface area contributed by atoms with Crippen molar-refractivity contribution in [2.45, 2.75) is 32.0 Å². The smallest absolute Gasteiger partial charge is 0.121 e. The molecule has 0 radical (unpaired) electrons. The van der Waals surface area contributed by atoms with Crippen LogP contribution in [0.2, 0.25) is 0 Å². The average molecular weight is 212 g/mol. The maximum atomic E-state index is 5.92. The number of thiazole rings is 1. The van der Waals surface area contributed by atoms with Crippen LogP contribution in [0.15, 0.2) is 11.6 Å². The zero-order valence-electron chi connectivity index (χ0n) is 8.40. The monoisotopic (exact) mass is 212 g/mol. The van der Waals surface area contributed by atoms with E-state index in [-0.39, 0.29) is 6.10 Å². The predicted octanol–water partition coefficient (Wildman–Crippen LogP) is 1.97. The van der Waals surface area contributed by atoms with Crippen LogP contribution in [0.5, 0.6) is 0 Å². The third kappa shape index (κ3) is 2.53. The van der Waals surface area contributed by atoms with Crippen molar-refractivity contribution in [3.05, 3.63) is 16.6 Å². The number of piperidine rings is 1. The molecule has 4 heteroatoms. The van der Waals surface area contributed by atoms with Crippen LogP contribution >= 0.6 is 11.3 Å². The van der Waals surface area contributed by atoms with Crippen LogP contribution in [0.4, 0.5) is 0 Å². The molecule has 1 fully saturated rings. The van der Waals surface area contributed by atoms with E-state index in [1.165, 1.54) is 12.8 Å². The Bertz CT molecular complexity index is 257. The van der Waals surface area contributed by atoms with Gasteiger partial charge in [-0.25, -0.2) is 4.98 Å². The van der Waals surface area contributed by atoms with Crippen molar-refractivity contribution in [2.24, 2.45) is 0 Å². The molecule has 1 saturated heterocycles. The number of hydrogen-bond acceptors (Lipinski definition) is 4. The fraction of sp³-hybridized carbons (Fsp3) is 0.700. The van der Waals surface area contributed by atoms with Crippen molar-refractivity contribution in [3.8, 4) is 0 Å². The van der Waals surface area contributed by atoms with Crippen LogP contribution in [-0.2, 0) is 4.74 Å². The SMILES string of the molecule is C[C@@H](O[C@@H]1CCCNC1)c1nccs1. The molecule has 1 aliphatic heterocycles. The van der Waals surface area contributed by atoms with Crippen LogP contribution in [0.1, 0.15) is 30.9 Å². The Morgan fingerprint density at radius 1 is 1.71 bits per heavy atom. The molecule has 2 atom stereocenters. The van der Waals surface area contributed by atoms with Gasteiger partial charge >= 0.3 is 0 Å². The average Bonchev–Trinajstić information content (AvgIpc) is 2.72. The Hall–Kier alpha value is -0.450. The fourth-order valence-electron chi connectivity index (χ4n) is 1.72. The van der Waals surface area contributed by atoms with E-state index in [2.05, 4.69) is 17.2 Å². The van der Waals surface area contributed by atoms with Gasteiger partial charge in [-0.3, -0.25) is 0 Å². The molecule has 0 aliphatic carbocycles. The molecule has 14 heavy (non-hydrogen) atoms. The first-order valence-electron chi connectivity index (χ1n) is 5.12. The van der Waals surface area contributed by atoms with E-state index in [0.29, 0.717) is 6.10 Å². The number of ether oxygens (including phenoxy) is 1. The Labute approximate surface area is 88.5 Å². The van der Waals surface area contributed by atoms with Gasteiger partial charge < -0.3 is 10.1 Å². The first kappa shape index (κ1) is 10.1. The Morgan fingerprint density at radius 3 is 3.29 bits per heavy atom. The molecule has 0 aromatic carbocycles. The van der Waals surface area contributed by atoms with E-state index in [9.17, 15) is 0 Å². The topological polar surface area (TPSA) is 34.1 Å². The number of aromatic nitrogens is 1. The highest BCUT2D eigenvalue weighted by atomic mass is 32.1. The van der Waals surface area contributed by atoms with E-state index in [0.717, 1.165) is 18.1 Å². The number of nitrogens with zero attached hydrogens (tertiary/aromatic N) is 1. The second-order valence-corrected chi connectivity index (χ2v) is 4.54. The summed E-state index contributed by atoms with van der Waals surface area (Å²) in [7, 11) is 0. The zero-order chi connectivity index (χ0) is 9.80. The molecule has 0 amide bonds. The third-order valence-corrected chi connectivity index (χ3v) is 3.38. The summed E-state index contributed by atoms with van der Waals surface area (Å²) in [5, 5.41) is 6.42. The molecule has 2 heterocycles. The number of nitrogens with one attached hydrogen (secondary N) is 1. The van der Waals surface area contributed by atoms with Crippen molar-refractivity contribution >= 4 is 11.3 Å². The van der Waals surface area contributed by atoms with Gasteiger partial charge in [0.05, 0.1) is 6.10 Å². The normalized spacial score (nSPS) is 24.8. The standard InChI is InChI=1S/C10H16N2OS/c1-8(10-12-5-6-14-10)13-9-3-2-4-11-7-9/h5-6,8-9,11H,2-4,7H2,1H3/t8-,9-/m1/s1. The Balaban J connectivity index is 1.84. The van der Waals surface area contributed by atoms with Gasteiger partial charge in [-0.15, -0.1) is 11.3 Å². The first-order valence-corrected chi connectivity index (χ1v) is 6.00. The Kier molecular flexibility index (Phi) is 3.50. The lowest BCUT2D eigenvalue weighted by atomic mass is 10.1. The van der Waals surface area contributed by atoms with Crippen LogP contribution in [0, 0.1) is 0 Å². The van der Waals surface area contributed by atoms with E-state index in [4.69, 9.17) is 4.74 Å². The molecule has 1 aliphatic rings. The summed E-state index contributed by atoms with van der Waals surface area (Å²) in [6.45, 7) is 4.19.